The summed E-state index contributed by atoms with van der Waals surface area (Å²) >= 11 is 1.14. The van der Waals surface area contributed by atoms with Crippen LogP contribution in [0.1, 0.15) is 17.4 Å². The first-order valence-corrected chi connectivity index (χ1v) is 7.68. The predicted octanol–water partition coefficient (Wildman–Crippen LogP) is 3.99. The predicted molar refractivity (Wildman–Crippen MR) is 84.2 cm³/mol. The van der Waals surface area contributed by atoms with Gasteiger partial charge in [-0.25, -0.2) is 9.37 Å². The summed E-state index contributed by atoms with van der Waals surface area (Å²) in [6.45, 7) is 1.70. The third-order valence-electron chi connectivity index (χ3n) is 2.94. The molecule has 2 aromatic rings. The lowest BCUT2D eigenvalue weighted by Gasteiger charge is -2.11. The van der Waals surface area contributed by atoms with Gasteiger partial charge in [-0.15, -0.1) is 0 Å². The number of carbonyl (C=O) groups excluding carboxylic acids is 1. The summed E-state index contributed by atoms with van der Waals surface area (Å²) in [5.41, 5.74) is -0.836. The summed E-state index contributed by atoms with van der Waals surface area (Å²) in [5.74, 6) is -1.34. The second-order valence-electron chi connectivity index (χ2n) is 5.44. The van der Waals surface area contributed by atoms with E-state index >= 15 is 0 Å². The molecule has 2 rings (SSSR count). The summed E-state index contributed by atoms with van der Waals surface area (Å²) in [6.07, 6.45) is -4.66. The summed E-state index contributed by atoms with van der Waals surface area (Å²) < 4.78 is 52.4. The smallest absolute Gasteiger partial charge is 0.304 e. The minimum Gasteiger partial charge on any atom is -0.304 e. The number of amides is 1. The van der Waals surface area contributed by atoms with Crippen molar-refractivity contribution in [3.63, 3.8) is 0 Å². The van der Waals surface area contributed by atoms with Gasteiger partial charge in [-0.1, -0.05) is 11.3 Å². The van der Waals surface area contributed by atoms with Crippen LogP contribution in [0.25, 0.3) is 11.3 Å². The molecule has 0 aliphatic carbocycles. The first kappa shape index (κ1) is 18.3. The summed E-state index contributed by atoms with van der Waals surface area (Å²) in [7, 11) is 3.57. The van der Waals surface area contributed by atoms with Gasteiger partial charge in [0.25, 0.3) is 0 Å². The minimum absolute atomic E-state index is 0.0204. The number of nitrogens with one attached hydrogen (secondary N) is 1. The summed E-state index contributed by atoms with van der Waals surface area (Å²) in [4.78, 5) is 17.8. The van der Waals surface area contributed by atoms with Crippen LogP contribution < -0.4 is 5.32 Å². The van der Waals surface area contributed by atoms with E-state index in [2.05, 4.69) is 10.3 Å². The van der Waals surface area contributed by atoms with Crippen molar-refractivity contribution in [2.75, 3.05) is 19.4 Å². The van der Waals surface area contributed by atoms with Crippen molar-refractivity contribution in [2.24, 2.45) is 0 Å². The minimum atomic E-state index is -4.66. The Morgan fingerprint density at radius 2 is 1.96 bits per heavy atom. The Hall–Kier alpha value is -2.00. The topological polar surface area (TPSA) is 45.2 Å². The van der Waals surface area contributed by atoms with Crippen LogP contribution in [0.15, 0.2) is 18.2 Å². The Morgan fingerprint density at radius 3 is 2.50 bits per heavy atom. The standard InChI is InChI=1S/C15H15F4N3OS/c1-8(23)20-14-21-13(12(24-14)7-22(2)3)9-4-10(15(17,18)19)6-11(16)5-9/h4-6H,7H2,1-3H3,(H,20,21,23). The zero-order valence-electron chi connectivity index (χ0n) is 13.2. The molecule has 0 bridgehead atoms. The summed E-state index contributed by atoms with van der Waals surface area (Å²) in [6, 6.07) is 2.30. The molecule has 130 valence electrons. The number of nitrogens with zero attached hydrogens (tertiary/aromatic N) is 2. The van der Waals surface area contributed by atoms with Gasteiger partial charge in [0, 0.05) is 23.9 Å². The molecular formula is C15H15F4N3OS. The lowest BCUT2D eigenvalue weighted by atomic mass is 10.1. The maximum Gasteiger partial charge on any atom is 0.416 e. The number of hydrogen-bond acceptors (Lipinski definition) is 4. The molecule has 1 N–H and O–H groups in total. The highest BCUT2D eigenvalue weighted by Gasteiger charge is 2.32. The Balaban J connectivity index is 2.55. The molecule has 0 atom stereocenters. The van der Waals surface area contributed by atoms with Crippen LogP contribution in [0.3, 0.4) is 0 Å². The molecule has 1 heterocycles. The molecule has 1 aromatic carbocycles. The van der Waals surface area contributed by atoms with Crippen LogP contribution >= 0.6 is 11.3 Å². The van der Waals surface area contributed by atoms with Crippen LogP contribution in [0.2, 0.25) is 0 Å². The van der Waals surface area contributed by atoms with Crippen LogP contribution in [-0.2, 0) is 17.5 Å². The van der Waals surface area contributed by atoms with Crippen molar-refractivity contribution in [1.82, 2.24) is 9.88 Å². The van der Waals surface area contributed by atoms with Gasteiger partial charge < -0.3 is 10.2 Å². The number of hydrogen-bond donors (Lipinski definition) is 1. The highest BCUT2D eigenvalue weighted by molar-refractivity contribution is 7.16. The van der Waals surface area contributed by atoms with Crippen LogP contribution in [0, 0.1) is 5.82 Å². The first-order chi connectivity index (χ1) is 11.1. The molecule has 0 aliphatic heterocycles. The number of carbonyl (C=O) groups is 1. The molecule has 0 spiro atoms. The van der Waals surface area contributed by atoms with Crippen LogP contribution in [-0.4, -0.2) is 29.9 Å². The quantitative estimate of drug-likeness (QED) is 0.838. The van der Waals surface area contributed by atoms with Gasteiger partial charge in [-0.05, 0) is 32.3 Å². The van der Waals surface area contributed by atoms with E-state index in [0.717, 1.165) is 23.5 Å². The van der Waals surface area contributed by atoms with E-state index in [1.165, 1.54) is 6.92 Å². The first-order valence-electron chi connectivity index (χ1n) is 6.86. The molecule has 0 saturated heterocycles. The van der Waals surface area contributed by atoms with Crippen LogP contribution in [0.4, 0.5) is 22.7 Å². The summed E-state index contributed by atoms with van der Waals surface area (Å²) in [5, 5.41) is 2.76. The Labute approximate surface area is 140 Å². The van der Waals surface area contributed by atoms with Crippen molar-refractivity contribution >= 4 is 22.4 Å². The van der Waals surface area contributed by atoms with E-state index in [0.29, 0.717) is 17.5 Å². The van der Waals surface area contributed by atoms with E-state index in [-0.39, 0.29) is 22.3 Å². The second-order valence-corrected chi connectivity index (χ2v) is 6.52. The fourth-order valence-electron chi connectivity index (χ4n) is 2.07. The molecule has 1 amide bonds. The fraction of sp³-hybridized carbons (Fsp3) is 0.333. The van der Waals surface area contributed by atoms with Gasteiger partial charge in [0.05, 0.1) is 11.3 Å². The number of aromatic nitrogens is 1. The average molecular weight is 361 g/mol. The fourth-order valence-corrected chi connectivity index (χ4v) is 3.21. The maximum absolute atomic E-state index is 13.7. The number of alkyl halides is 3. The molecule has 0 unspecified atom stereocenters. The molecular weight excluding hydrogens is 346 g/mol. The Morgan fingerprint density at radius 1 is 1.29 bits per heavy atom. The van der Waals surface area contributed by atoms with E-state index in [1.807, 2.05) is 0 Å². The number of anilines is 1. The SMILES string of the molecule is CC(=O)Nc1nc(-c2cc(F)cc(C(F)(F)F)c2)c(CN(C)C)s1. The molecule has 0 saturated carbocycles. The van der Waals surface area contributed by atoms with Crippen LogP contribution in [0.5, 0.6) is 0 Å². The molecule has 9 heteroatoms. The van der Waals surface area contributed by atoms with Crippen molar-refractivity contribution in [2.45, 2.75) is 19.6 Å². The molecule has 0 radical (unpaired) electrons. The lowest BCUT2D eigenvalue weighted by Crippen LogP contribution is -2.10. The lowest BCUT2D eigenvalue weighted by molar-refractivity contribution is -0.137. The van der Waals surface area contributed by atoms with Gasteiger partial charge in [-0.3, -0.25) is 4.79 Å². The highest BCUT2D eigenvalue weighted by Crippen LogP contribution is 2.36. The van der Waals surface area contributed by atoms with Gasteiger partial charge in [0.2, 0.25) is 5.91 Å². The maximum atomic E-state index is 13.7. The zero-order valence-corrected chi connectivity index (χ0v) is 14.0. The van der Waals surface area contributed by atoms with E-state index < -0.39 is 17.6 Å². The molecule has 4 nitrogen and oxygen atoms in total. The van der Waals surface area contributed by atoms with Gasteiger partial charge in [0.1, 0.15) is 5.82 Å². The number of rotatable bonds is 4. The normalized spacial score (nSPS) is 11.8. The van der Waals surface area contributed by atoms with Crippen molar-refractivity contribution in [3.8, 4) is 11.3 Å². The second kappa shape index (κ2) is 6.86. The largest absolute Gasteiger partial charge is 0.416 e. The third-order valence-corrected chi connectivity index (χ3v) is 3.89. The van der Waals surface area contributed by atoms with Gasteiger partial charge >= 0.3 is 6.18 Å². The third kappa shape index (κ3) is 4.51. The zero-order chi connectivity index (χ0) is 18.1. The molecule has 0 aliphatic rings. The molecule has 0 fully saturated rings. The van der Waals surface area contributed by atoms with E-state index in [9.17, 15) is 22.4 Å². The number of thiazole rings is 1. The Kier molecular flexibility index (Phi) is 5.24. The Bertz CT molecular complexity index is 756. The average Bonchev–Trinajstić information content (AvgIpc) is 2.77. The number of halogens is 4. The molecule has 24 heavy (non-hydrogen) atoms. The van der Waals surface area contributed by atoms with E-state index in [1.54, 1.807) is 19.0 Å². The van der Waals surface area contributed by atoms with Gasteiger partial charge in [-0.2, -0.15) is 13.2 Å². The monoisotopic (exact) mass is 361 g/mol. The van der Waals surface area contributed by atoms with Gasteiger partial charge in [0.15, 0.2) is 5.13 Å². The van der Waals surface area contributed by atoms with Crippen molar-refractivity contribution < 1.29 is 22.4 Å². The number of benzene rings is 1. The highest BCUT2D eigenvalue weighted by atomic mass is 32.1. The van der Waals surface area contributed by atoms with Crippen molar-refractivity contribution in [1.29, 1.82) is 0 Å². The van der Waals surface area contributed by atoms with E-state index in [4.69, 9.17) is 0 Å². The van der Waals surface area contributed by atoms with Crippen molar-refractivity contribution in [3.05, 3.63) is 34.5 Å². The molecule has 1 aromatic heterocycles.